The van der Waals surface area contributed by atoms with Crippen LogP contribution in [0.2, 0.25) is 0 Å². The number of carbonyl (C=O) groups is 2. The van der Waals surface area contributed by atoms with Crippen molar-refractivity contribution in [2.45, 2.75) is 25.9 Å². The highest BCUT2D eigenvalue weighted by molar-refractivity contribution is 7.80. The first kappa shape index (κ1) is 20.5. The zero-order chi connectivity index (χ0) is 21.1. The van der Waals surface area contributed by atoms with Crippen LogP contribution in [0, 0.1) is 0 Å². The van der Waals surface area contributed by atoms with E-state index in [-0.39, 0.29) is 35.6 Å². The second kappa shape index (κ2) is 8.43. The molecule has 2 heterocycles. The molecule has 0 bridgehead atoms. The predicted molar refractivity (Wildman–Crippen MR) is 103 cm³/mol. The van der Waals surface area contributed by atoms with Crippen molar-refractivity contribution in [3.63, 3.8) is 0 Å². The van der Waals surface area contributed by atoms with Crippen LogP contribution >= 0.6 is 12.2 Å². The maximum atomic E-state index is 12.6. The molecule has 0 aliphatic carbocycles. The van der Waals surface area contributed by atoms with Gasteiger partial charge >= 0.3 is 0 Å². The van der Waals surface area contributed by atoms with Crippen LogP contribution < -0.4 is 19.8 Å². The molecule has 10 nitrogen and oxygen atoms in total. The second-order valence-corrected chi connectivity index (χ2v) is 6.83. The lowest BCUT2D eigenvalue weighted by Gasteiger charge is -2.21. The Balaban J connectivity index is 1.71. The Morgan fingerprint density at radius 2 is 2.10 bits per heavy atom. The fraction of sp³-hybridized carbons (Fsp3) is 0.389. The van der Waals surface area contributed by atoms with Gasteiger partial charge in [0.1, 0.15) is 18.3 Å². The summed E-state index contributed by atoms with van der Waals surface area (Å²) in [6.45, 7) is 2.44. The first-order valence-corrected chi connectivity index (χ1v) is 9.35. The largest absolute Gasteiger partial charge is 0.539 e. The highest BCUT2D eigenvalue weighted by Crippen LogP contribution is 2.24. The van der Waals surface area contributed by atoms with Crippen LogP contribution in [0.25, 0.3) is 0 Å². The summed E-state index contributed by atoms with van der Waals surface area (Å²) in [5.41, 5.74) is 0.811. The van der Waals surface area contributed by atoms with Gasteiger partial charge in [0.15, 0.2) is 18.1 Å². The molecule has 0 saturated carbocycles. The van der Waals surface area contributed by atoms with Crippen LogP contribution in [0.4, 0.5) is 5.69 Å². The molecule has 1 N–H and O–H groups in total. The zero-order valence-electron chi connectivity index (χ0n) is 16.2. The van der Waals surface area contributed by atoms with Crippen LogP contribution in [0.1, 0.15) is 19.0 Å². The van der Waals surface area contributed by atoms with Gasteiger partial charge < -0.3 is 24.6 Å². The SMILES string of the molecule is CCOc1ccc(NC(=O)CC2C(=O)N(C)C(=S)N2Cc2c([O-])on[n+]2C)cc1. The Morgan fingerprint density at radius 3 is 2.69 bits per heavy atom. The number of hydrogen-bond donors (Lipinski definition) is 1. The van der Waals surface area contributed by atoms with E-state index in [1.165, 1.54) is 21.5 Å². The van der Waals surface area contributed by atoms with Crippen LogP contribution in [0.15, 0.2) is 28.8 Å². The molecule has 1 unspecified atom stereocenters. The van der Waals surface area contributed by atoms with Gasteiger partial charge in [-0.05, 0) is 43.4 Å². The van der Waals surface area contributed by atoms with E-state index < -0.39 is 12.0 Å². The van der Waals surface area contributed by atoms with E-state index in [2.05, 4.69) is 15.1 Å². The van der Waals surface area contributed by atoms with Crippen molar-refractivity contribution in [2.24, 2.45) is 7.05 Å². The minimum absolute atomic E-state index is 0.00868. The highest BCUT2D eigenvalue weighted by atomic mass is 32.1. The number of likely N-dealkylation sites (N-methyl/N-ethyl adjacent to an activating group) is 1. The van der Waals surface area contributed by atoms with Crippen molar-refractivity contribution in [3.05, 3.63) is 30.0 Å². The van der Waals surface area contributed by atoms with E-state index >= 15 is 0 Å². The minimum atomic E-state index is -0.829. The summed E-state index contributed by atoms with van der Waals surface area (Å²) in [4.78, 5) is 28.0. The maximum absolute atomic E-state index is 12.6. The molecule has 29 heavy (non-hydrogen) atoms. The molecule has 1 aliphatic rings. The Kier molecular flexibility index (Phi) is 5.97. The monoisotopic (exact) mass is 419 g/mol. The number of hydrogen-bond acceptors (Lipinski definition) is 7. The number of benzene rings is 1. The third kappa shape index (κ3) is 4.29. The molecular formula is C18H21N5O5S. The summed E-state index contributed by atoms with van der Waals surface area (Å²) in [5, 5.41) is 18.4. The van der Waals surface area contributed by atoms with Gasteiger partial charge in [-0.2, -0.15) is 0 Å². The van der Waals surface area contributed by atoms with Gasteiger partial charge in [0.05, 0.1) is 18.3 Å². The molecule has 1 atom stereocenters. The number of nitrogens with zero attached hydrogens (tertiary/aromatic N) is 4. The Morgan fingerprint density at radius 1 is 1.41 bits per heavy atom. The van der Waals surface area contributed by atoms with E-state index in [4.69, 9.17) is 17.0 Å². The molecule has 11 heteroatoms. The Hall–Kier alpha value is -3.21. The summed E-state index contributed by atoms with van der Waals surface area (Å²) < 4.78 is 11.3. The van der Waals surface area contributed by atoms with Crippen LogP contribution in [-0.2, 0) is 23.2 Å². The van der Waals surface area contributed by atoms with Gasteiger partial charge in [0, 0.05) is 12.7 Å². The predicted octanol–water partition coefficient (Wildman–Crippen LogP) is -0.0723. The van der Waals surface area contributed by atoms with Gasteiger partial charge in [-0.3, -0.25) is 14.5 Å². The number of carbonyl (C=O) groups excluding carboxylic acids is 2. The molecule has 0 radical (unpaired) electrons. The molecule has 3 rings (SSSR count). The number of aryl methyl sites for hydroxylation is 1. The molecule has 1 aromatic carbocycles. The van der Waals surface area contributed by atoms with E-state index in [0.29, 0.717) is 18.0 Å². The lowest BCUT2D eigenvalue weighted by Crippen LogP contribution is -2.42. The smallest absolute Gasteiger partial charge is 0.252 e. The zero-order valence-corrected chi connectivity index (χ0v) is 17.1. The lowest BCUT2D eigenvalue weighted by molar-refractivity contribution is -0.746. The molecule has 0 spiro atoms. The highest BCUT2D eigenvalue weighted by Gasteiger charge is 2.42. The number of anilines is 1. The number of thiocarbonyl (C=S) groups is 1. The Bertz CT molecular complexity index is 910. The van der Waals surface area contributed by atoms with Crippen molar-refractivity contribution in [1.82, 2.24) is 15.1 Å². The standard InChI is InChI=1S/C18H21N5O5S/c1-4-27-12-7-5-11(6-8-12)19-15(24)9-13-16(25)21(2)18(29)23(13)10-14-17(26)28-20-22(14)3/h5-8,13H,4,9-10H2,1-3H3,(H-,19,20,24,26). The van der Waals surface area contributed by atoms with Crippen molar-refractivity contribution in [2.75, 3.05) is 19.0 Å². The summed E-state index contributed by atoms with van der Waals surface area (Å²) >= 11 is 5.32. The number of aromatic nitrogens is 2. The number of rotatable bonds is 7. The van der Waals surface area contributed by atoms with Crippen molar-refractivity contribution < 1.29 is 28.6 Å². The van der Waals surface area contributed by atoms with Crippen molar-refractivity contribution in [3.8, 4) is 11.7 Å². The molecule has 1 aliphatic heterocycles. The molecule has 2 amide bonds. The minimum Gasteiger partial charge on any atom is -0.539 e. The molecule has 154 valence electrons. The van der Waals surface area contributed by atoms with Gasteiger partial charge in [0.2, 0.25) is 5.91 Å². The first-order chi connectivity index (χ1) is 13.8. The molecular weight excluding hydrogens is 398 g/mol. The van der Waals surface area contributed by atoms with Gasteiger partial charge in [0.25, 0.3) is 11.6 Å². The third-order valence-corrected chi connectivity index (χ3v) is 5.05. The fourth-order valence-electron chi connectivity index (χ4n) is 3.00. The van der Waals surface area contributed by atoms with Gasteiger partial charge in [-0.25, -0.2) is 0 Å². The second-order valence-electron chi connectivity index (χ2n) is 6.46. The summed E-state index contributed by atoms with van der Waals surface area (Å²) in [7, 11) is 3.09. The summed E-state index contributed by atoms with van der Waals surface area (Å²) in [5.74, 6) is -0.587. The third-order valence-electron chi connectivity index (χ3n) is 4.54. The summed E-state index contributed by atoms with van der Waals surface area (Å²) in [6.07, 6.45) is -0.125. The summed E-state index contributed by atoms with van der Waals surface area (Å²) in [6, 6.07) is 6.10. The number of amides is 2. The van der Waals surface area contributed by atoms with E-state index in [0.717, 1.165) is 0 Å². The van der Waals surface area contributed by atoms with Crippen molar-refractivity contribution in [1.29, 1.82) is 0 Å². The van der Waals surface area contributed by atoms with Crippen LogP contribution in [0.3, 0.4) is 0 Å². The van der Waals surface area contributed by atoms with E-state index in [9.17, 15) is 14.7 Å². The average molecular weight is 419 g/mol. The molecule has 1 fully saturated rings. The maximum Gasteiger partial charge on any atom is 0.252 e. The van der Waals surface area contributed by atoms with Crippen LogP contribution in [-0.4, -0.2) is 51.7 Å². The molecule has 1 aromatic heterocycles. The lowest BCUT2D eigenvalue weighted by atomic mass is 10.1. The van der Waals surface area contributed by atoms with E-state index in [1.54, 1.807) is 31.3 Å². The number of nitrogens with one attached hydrogen (secondary N) is 1. The number of ether oxygens (including phenoxy) is 1. The van der Waals surface area contributed by atoms with E-state index in [1.807, 2.05) is 6.92 Å². The molecule has 2 aromatic rings. The molecule has 1 saturated heterocycles. The Labute approximate surface area is 172 Å². The topological polar surface area (TPSA) is 115 Å². The first-order valence-electron chi connectivity index (χ1n) is 8.94. The van der Waals surface area contributed by atoms with Gasteiger partial charge in [-0.1, -0.05) is 4.68 Å². The quantitative estimate of drug-likeness (QED) is 0.490. The normalized spacial score (nSPS) is 16.4. The fourth-order valence-corrected chi connectivity index (χ4v) is 3.28. The average Bonchev–Trinajstić information content (AvgIpc) is 3.11. The van der Waals surface area contributed by atoms with Crippen molar-refractivity contribution >= 4 is 34.8 Å². The van der Waals surface area contributed by atoms with Gasteiger partial charge in [-0.15, -0.1) is 0 Å². The van der Waals surface area contributed by atoms with Crippen LogP contribution in [0.5, 0.6) is 11.7 Å².